The first kappa shape index (κ1) is 13.0. The Bertz CT molecular complexity index is 664. The minimum absolute atomic E-state index is 0.455. The number of rotatable bonds is 3. The maximum absolute atomic E-state index is 11.2. The number of hydrogen-bond acceptors (Lipinski definition) is 2. The summed E-state index contributed by atoms with van der Waals surface area (Å²) in [6.07, 6.45) is 1.21. The van der Waals surface area contributed by atoms with E-state index in [2.05, 4.69) is 5.10 Å². The lowest BCUT2D eigenvalue weighted by Gasteiger charge is -2.14. The van der Waals surface area contributed by atoms with Crippen molar-refractivity contribution in [2.45, 2.75) is 18.8 Å². The highest BCUT2D eigenvalue weighted by Gasteiger charge is 2.29. The number of hydrogen-bond donors (Lipinski definition) is 1. The molecule has 3 rings (SSSR count). The van der Waals surface area contributed by atoms with Gasteiger partial charge in [-0.15, -0.1) is 0 Å². The molecule has 1 aliphatic carbocycles. The van der Waals surface area contributed by atoms with Gasteiger partial charge < -0.3 is 5.11 Å². The Labute approximate surface area is 121 Å². The van der Waals surface area contributed by atoms with E-state index < -0.39 is 6.09 Å². The highest BCUT2D eigenvalue weighted by molar-refractivity contribution is 6.30. The van der Waals surface area contributed by atoms with E-state index in [1.165, 1.54) is 11.9 Å². The summed E-state index contributed by atoms with van der Waals surface area (Å²) in [5.74, 6) is 0.984. The zero-order valence-electron chi connectivity index (χ0n) is 11.0. The number of benzene rings is 1. The molecule has 0 aliphatic heterocycles. The topological polar surface area (TPSA) is 58.4 Å². The second-order valence-electron chi connectivity index (χ2n) is 4.93. The lowest BCUT2D eigenvalue weighted by atomic mass is 10.3. The van der Waals surface area contributed by atoms with Crippen LogP contribution in [0.3, 0.4) is 0 Å². The fourth-order valence-electron chi connectivity index (χ4n) is 2.10. The van der Waals surface area contributed by atoms with Crippen molar-refractivity contribution in [1.29, 1.82) is 0 Å². The molecule has 0 radical (unpaired) electrons. The molecule has 1 aliphatic rings. The van der Waals surface area contributed by atoms with Crippen LogP contribution in [0.1, 0.15) is 24.5 Å². The van der Waals surface area contributed by atoms with Crippen LogP contribution in [0.4, 0.5) is 10.6 Å². The average Bonchev–Trinajstić information content (AvgIpc) is 3.17. The van der Waals surface area contributed by atoms with Crippen molar-refractivity contribution in [1.82, 2.24) is 9.78 Å². The molecule has 20 heavy (non-hydrogen) atoms. The Morgan fingerprint density at radius 3 is 2.80 bits per heavy atom. The van der Waals surface area contributed by atoms with Crippen molar-refractivity contribution < 1.29 is 9.90 Å². The zero-order chi connectivity index (χ0) is 14.3. The number of nitrogens with zero attached hydrogens (tertiary/aromatic N) is 3. The summed E-state index contributed by atoms with van der Waals surface area (Å²) in [6, 6.07) is 9.06. The standard InChI is InChI=1S/C14H14ClN3O2/c1-17(14(19)20)13-8-12(9-5-6-9)16-18(13)11-4-2-3-10(15)7-11/h2-4,7-9H,5-6H2,1H3,(H,19,20). The third-order valence-corrected chi connectivity index (χ3v) is 3.62. The molecule has 1 fully saturated rings. The molecule has 1 saturated carbocycles. The smallest absolute Gasteiger partial charge is 0.412 e. The van der Waals surface area contributed by atoms with Gasteiger partial charge in [0.05, 0.1) is 11.4 Å². The summed E-state index contributed by atoms with van der Waals surface area (Å²) >= 11 is 6.00. The molecule has 1 aromatic heterocycles. The first-order chi connectivity index (χ1) is 9.56. The van der Waals surface area contributed by atoms with Crippen LogP contribution in [0.5, 0.6) is 0 Å². The van der Waals surface area contributed by atoms with Crippen molar-refractivity contribution in [3.8, 4) is 5.69 Å². The molecule has 1 heterocycles. The number of halogens is 1. The summed E-state index contributed by atoms with van der Waals surface area (Å²) in [6.45, 7) is 0. The van der Waals surface area contributed by atoms with Gasteiger partial charge >= 0.3 is 6.09 Å². The zero-order valence-corrected chi connectivity index (χ0v) is 11.7. The summed E-state index contributed by atoms with van der Waals surface area (Å²) < 4.78 is 1.63. The van der Waals surface area contributed by atoms with Crippen molar-refractivity contribution in [3.05, 3.63) is 41.0 Å². The average molecular weight is 292 g/mol. The number of carboxylic acid groups (broad SMARTS) is 1. The molecular formula is C14H14ClN3O2. The molecule has 6 heteroatoms. The van der Waals surface area contributed by atoms with Gasteiger partial charge in [-0.1, -0.05) is 17.7 Å². The first-order valence-electron chi connectivity index (χ1n) is 6.39. The second-order valence-corrected chi connectivity index (χ2v) is 5.37. The Kier molecular flexibility index (Phi) is 3.14. The molecule has 0 bridgehead atoms. The lowest BCUT2D eigenvalue weighted by Crippen LogP contribution is -2.26. The van der Waals surface area contributed by atoms with E-state index in [1.807, 2.05) is 18.2 Å². The monoisotopic (exact) mass is 291 g/mol. The van der Waals surface area contributed by atoms with E-state index in [-0.39, 0.29) is 0 Å². The third kappa shape index (κ3) is 2.36. The van der Waals surface area contributed by atoms with E-state index in [4.69, 9.17) is 11.6 Å². The quantitative estimate of drug-likeness (QED) is 0.941. The van der Waals surface area contributed by atoms with Crippen molar-refractivity contribution in [3.63, 3.8) is 0 Å². The van der Waals surface area contributed by atoms with Crippen LogP contribution in [0.15, 0.2) is 30.3 Å². The largest absolute Gasteiger partial charge is 0.465 e. The molecule has 104 valence electrons. The summed E-state index contributed by atoms with van der Waals surface area (Å²) in [5, 5.41) is 14.3. The highest BCUT2D eigenvalue weighted by Crippen LogP contribution is 2.41. The molecule has 1 amide bonds. The van der Waals surface area contributed by atoms with E-state index in [0.717, 1.165) is 24.2 Å². The number of aromatic nitrogens is 2. The summed E-state index contributed by atoms with van der Waals surface area (Å²) in [7, 11) is 1.51. The normalized spacial score (nSPS) is 14.3. The molecule has 1 aromatic carbocycles. The summed E-state index contributed by atoms with van der Waals surface area (Å²) in [5.41, 5.74) is 1.69. The lowest BCUT2D eigenvalue weighted by molar-refractivity contribution is 0.203. The van der Waals surface area contributed by atoms with Gasteiger partial charge in [0.25, 0.3) is 0 Å². The minimum Gasteiger partial charge on any atom is -0.465 e. The number of carbonyl (C=O) groups is 1. The third-order valence-electron chi connectivity index (χ3n) is 3.39. The van der Waals surface area contributed by atoms with Gasteiger partial charge in [-0.05, 0) is 31.0 Å². The molecule has 1 N–H and O–H groups in total. The van der Waals surface area contributed by atoms with Crippen molar-refractivity contribution in [2.75, 3.05) is 11.9 Å². The van der Waals surface area contributed by atoms with Gasteiger partial charge in [-0.2, -0.15) is 5.10 Å². The Hall–Kier alpha value is -2.01. The van der Waals surface area contributed by atoms with Crippen LogP contribution in [-0.2, 0) is 0 Å². The molecule has 0 atom stereocenters. The van der Waals surface area contributed by atoms with E-state index >= 15 is 0 Å². The maximum atomic E-state index is 11.2. The van der Waals surface area contributed by atoms with Crippen molar-refractivity contribution in [2.24, 2.45) is 0 Å². The second kappa shape index (κ2) is 4.83. The van der Waals surface area contributed by atoms with Crippen molar-refractivity contribution >= 4 is 23.5 Å². The van der Waals surface area contributed by atoms with E-state index in [1.54, 1.807) is 16.8 Å². The fourth-order valence-corrected chi connectivity index (χ4v) is 2.29. The Morgan fingerprint density at radius 1 is 1.45 bits per heavy atom. The van der Waals surface area contributed by atoms with Gasteiger partial charge in [0.1, 0.15) is 5.82 Å². The molecule has 0 saturated heterocycles. The number of amides is 1. The van der Waals surface area contributed by atoms with E-state index in [9.17, 15) is 9.90 Å². The summed E-state index contributed by atoms with van der Waals surface area (Å²) in [4.78, 5) is 12.4. The van der Waals surface area contributed by atoms with Crippen LogP contribution in [0.2, 0.25) is 5.02 Å². The molecule has 0 unspecified atom stereocenters. The van der Waals surface area contributed by atoms with Crippen LogP contribution in [-0.4, -0.2) is 28.0 Å². The van der Waals surface area contributed by atoms with Crippen LogP contribution < -0.4 is 4.90 Å². The first-order valence-corrected chi connectivity index (χ1v) is 6.76. The van der Waals surface area contributed by atoms with Crippen LogP contribution >= 0.6 is 11.6 Å². The van der Waals surface area contributed by atoms with Gasteiger partial charge in [-0.3, -0.25) is 4.90 Å². The molecule has 0 spiro atoms. The van der Waals surface area contributed by atoms with Crippen LogP contribution in [0.25, 0.3) is 5.69 Å². The molecule has 2 aromatic rings. The van der Waals surface area contributed by atoms with Gasteiger partial charge in [0, 0.05) is 24.1 Å². The SMILES string of the molecule is CN(C(=O)O)c1cc(C2CC2)nn1-c1cccc(Cl)c1. The maximum Gasteiger partial charge on any atom is 0.412 e. The molecule has 5 nitrogen and oxygen atoms in total. The fraction of sp³-hybridized carbons (Fsp3) is 0.286. The number of anilines is 1. The van der Waals surface area contributed by atoms with E-state index in [0.29, 0.717) is 16.8 Å². The highest BCUT2D eigenvalue weighted by atomic mass is 35.5. The predicted molar refractivity (Wildman–Crippen MR) is 77.0 cm³/mol. The van der Waals surface area contributed by atoms with Crippen LogP contribution in [0, 0.1) is 0 Å². The van der Waals surface area contributed by atoms with Gasteiger partial charge in [-0.25, -0.2) is 9.48 Å². The Balaban J connectivity index is 2.10. The van der Waals surface area contributed by atoms with Gasteiger partial charge in [0.2, 0.25) is 0 Å². The molecular weight excluding hydrogens is 278 g/mol. The minimum atomic E-state index is -1.02. The van der Waals surface area contributed by atoms with Gasteiger partial charge in [0.15, 0.2) is 0 Å². The Morgan fingerprint density at radius 2 is 2.20 bits per heavy atom. The predicted octanol–water partition coefficient (Wildman–Crippen LogP) is 3.52.